The first kappa shape index (κ1) is 19.3. The number of rotatable bonds is 8. The molecule has 0 fully saturated rings. The Morgan fingerprint density at radius 1 is 0.920 bits per heavy atom. The fraction of sp³-hybridized carbons (Fsp3) is 0.263. The largest absolute Gasteiger partial charge is 0.356 e. The molecule has 2 rings (SSSR count). The van der Waals surface area contributed by atoms with Crippen molar-refractivity contribution >= 4 is 35.0 Å². The van der Waals surface area contributed by atoms with Crippen LogP contribution in [0, 0.1) is 0 Å². The normalized spacial score (nSPS) is 10.3. The molecule has 0 radical (unpaired) electrons. The molecule has 4 nitrogen and oxygen atoms in total. The predicted octanol–water partition coefficient (Wildman–Crippen LogP) is 3.86. The molecular formula is C19H20Cl2N2O2. The Bertz CT molecular complexity index is 721. The summed E-state index contributed by atoms with van der Waals surface area (Å²) in [6.45, 7) is 0.973. The van der Waals surface area contributed by atoms with E-state index < -0.39 is 0 Å². The van der Waals surface area contributed by atoms with Crippen molar-refractivity contribution < 1.29 is 9.59 Å². The maximum absolute atomic E-state index is 11.8. The zero-order chi connectivity index (χ0) is 18.1. The number of nitrogens with one attached hydrogen (secondary N) is 2. The Kier molecular flexibility index (Phi) is 7.76. The molecule has 0 aliphatic carbocycles. The molecule has 2 amide bonds. The lowest BCUT2D eigenvalue weighted by Crippen LogP contribution is -2.28. The Morgan fingerprint density at radius 2 is 1.68 bits per heavy atom. The van der Waals surface area contributed by atoms with E-state index in [1.165, 1.54) is 0 Å². The molecule has 0 saturated carbocycles. The van der Waals surface area contributed by atoms with Crippen molar-refractivity contribution in [3.8, 4) is 0 Å². The van der Waals surface area contributed by atoms with Crippen molar-refractivity contribution in [2.75, 3.05) is 13.1 Å². The van der Waals surface area contributed by atoms with Crippen molar-refractivity contribution in [3.63, 3.8) is 0 Å². The Hall–Kier alpha value is -2.04. The number of amides is 2. The van der Waals surface area contributed by atoms with Gasteiger partial charge in [-0.3, -0.25) is 9.59 Å². The second-order valence-corrected chi connectivity index (χ2v) is 6.40. The zero-order valence-corrected chi connectivity index (χ0v) is 15.2. The van der Waals surface area contributed by atoms with Crippen LogP contribution >= 0.6 is 23.2 Å². The molecule has 0 saturated heterocycles. The van der Waals surface area contributed by atoms with E-state index >= 15 is 0 Å². The van der Waals surface area contributed by atoms with Gasteiger partial charge in [0.05, 0.1) is 0 Å². The smallest absolute Gasteiger partial charge is 0.251 e. The minimum Gasteiger partial charge on any atom is -0.356 e. The molecule has 6 heteroatoms. The minimum atomic E-state index is -0.126. The summed E-state index contributed by atoms with van der Waals surface area (Å²) in [4.78, 5) is 23.6. The summed E-state index contributed by atoms with van der Waals surface area (Å²) in [5, 5.41) is 6.84. The summed E-state index contributed by atoms with van der Waals surface area (Å²) in [6, 6.07) is 14.3. The van der Waals surface area contributed by atoms with Gasteiger partial charge in [-0.25, -0.2) is 0 Å². The van der Waals surface area contributed by atoms with Crippen LogP contribution in [-0.2, 0) is 11.2 Å². The second-order valence-electron chi connectivity index (χ2n) is 5.56. The lowest BCUT2D eigenvalue weighted by Gasteiger charge is -2.08. The third-order valence-corrected chi connectivity index (χ3v) is 4.22. The van der Waals surface area contributed by atoms with Crippen molar-refractivity contribution in [3.05, 3.63) is 69.7 Å². The topological polar surface area (TPSA) is 58.2 Å². The van der Waals surface area contributed by atoms with Crippen LogP contribution in [0.25, 0.3) is 0 Å². The number of carbonyl (C=O) groups excluding carboxylic acids is 2. The molecule has 0 spiro atoms. The molecule has 0 aliphatic rings. The van der Waals surface area contributed by atoms with E-state index in [1.807, 2.05) is 24.3 Å². The zero-order valence-electron chi connectivity index (χ0n) is 13.7. The van der Waals surface area contributed by atoms with Gasteiger partial charge < -0.3 is 10.6 Å². The minimum absolute atomic E-state index is 0.0425. The number of carbonyl (C=O) groups is 2. The van der Waals surface area contributed by atoms with Crippen LogP contribution in [0.3, 0.4) is 0 Å². The van der Waals surface area contributed by atoms with Gasteiger partial charge in [0.25, 0.3) is 5.91 Å². The van der Waals surface area contributed by atoms with Crippen molar-refractivity contribution in [1.82, 2.24) is 10.6 Å². The summed E-state index contributed by atoms with van der Waals surface area (Å²) in [5.41, 5.74) is 1.56. The molecule has 0 aliphatic heterocycles. The highest BCUT2D eigenvalue weighted by molar-refractivity contribution is 6.35. The van der Waals surface area contributed by atoms with Gasteiger partial charge in [-0.15, -0.1) is 0 Å². The molecule has 0 aromatic heterocycles. The fourth-order valence-electron chi connectivity index (χ4n) is 2.29. The van der Waals surface area contributed by atoms with Crippen LogP contribution in [0.2, 0.25) is 10.0 Å². The van der Waals surface area contributed by atoms with Crippen LogP contribution < -0.4 is 10.6 Å². The highest BCUT2D eigenvalue weighted by atomic mass is 35.5. The van der Waals surface area contributed by atoms with E-state index in [4.69, 9.17) is 23.2 Å². The van der Waals surface area contributed by atoms with Crippen molar-refractivity contribution in [2.24, 2.45) is 0 Å². The molecular weight excluding hydrogens is 359 g/mol. The van der Waals surface area contributed by atoms with Gasteiger partial charge in [0.15, 0.2) is 0 Å². The van der Waals surface area contributed by atoms with E-state index in [0.29, 0.717) is 48.0 Å². The highest BCUT2D eigenvalue weighted by Crippen LogP contribution is 2.21. The van der Waals surface area contributed by atoms with Gasteiger partial charge >= 0.3 is 0 Å². The molecule has 2 aromatic rings. The third kappa shape index (κ3) is 6.77. The predicted molar refractivity (Wildman–Crippen MR) is 101 cm³/mol. The van der Waals surface area contributed by atoms with E-state index in [9.17, 15) is 9.59 Å². The monoisotopic (exact) mass is 378 g/mol. The van der Waals surface area contributed by atoms with Gasteiger partial charge in [0.1, 0.15) is 0 Å². The number of halogens is 2. The first-order chi connectivity index (χ1) is 12.1. The average Bonchev–Trinajstić information content (AvgIpc) is 2.61. The van der Waals surface area contributed by atoms with E-state index in [-0.39, 0.29) is 11.8 Å². The molecule has 0 heterocycles. The maximum Gasteiger partial charge on any atom is 0.251 e. The fourth-order valence-corrected chi connectivity index (χ4v) is 2.79. The third-order valence-electron chi connectivity index (χ3n) is 3.63. The van der Waals surface area contributed by atoms with Gasteiger partial charge in [0, 0.05) is 35.1 Å². The van der Waals surface area contributed by atoms with E-state index in [1.54, 1.807) is 24.3 Å². The molecule has 0 bridgehead atoms. The van der Waals surface area contributed by atoms with E-state index in [0.717, 1.165) is 5.56 Å². The lowest BCUT2D eigenvalue weighted by molar-refractivity contribution is -0.121. The van der Waals surface area contributed by atoms with Crippen molar-refractivity contribution in [1.29, 1.82) is 0 Å². The number of benzene rings is 2. The molecule has 0 unspecified atom stereocenters. The summed E-state index contributed by atoms with van der Waals surface area (Å²) in [6.07, 6.45) is 1.60. The number of hydrogen-bond donors (Lipinski definition) is 2. The van der Waals surface area contributed by atoms with Crippen molar-refractivity contribution in [2.45, 2.75) is 19.3 Å². The van der Waals surface area contributed by atoms with Gasteiger partial charge in [-0.2, -0.15) is 0 Å². The lowest BCUT2D eigenvalue weighted by atomic mass is 10.1. The quantitative estimate of drug-likeness (QED) is 0.685. The van der Waals surface area contributed by atoms with Crippen LogP contribution in [0.5, 0.6) is 0 Å². The van der Waals surface area contributed by atoms with Crippen LogP contribution in [0.1, 0.15) is 28.8 Å². The molecule has 25 heavy (non-hydrogen) atoms. The Morgan fingerprint density at radius 3 is 2.40 bits per heavy atom. The Labute approximate surface area is 157 Å². The van der Waals surface area contributed by atoms with Gasteiger partial charge in [-0.05, 0) is 42.7 Å². The molecule has 2 N–H and O–H groups in total. The van der Waals surface area contributed by atoms with Crippen LogP contribution in [-0.4, -0.2) is 24.9 Å². The first-order valence-electron chi connectivity index (χ1n) is 8.10. The first-order valence-corrected chi connectivity index (χ1v) is 8.86. The maximum atomic E-state index is 11.8. The van der Waals surface area contributed by atoms with Crippen LogP contribution in [0.15, 0.2) is 48.5 Å². The summed E-state index contributed by atoms with van der Waals surface area (Å²) < 4.78 is 0. The van der Waals surface area contributed by atoms with Crippen LogP contribution in [0.4, 0.5) is 0 Å². The average molecular weight is 379 g/mol. The Balaban J connectivity index is 1.60. The molecule has 132 valence electrons. The summed E-state index contributed by atoms with van der Waals surface area (Å²) in [7, 11) is 0. The SMILES string of the molecule is O=C(CCCNC(=O)c1ccccc1)NCCc1ccc(Cl)cc1Cl. The van der Waals surface area contributed by atoms with Gasteiger partial charge in [0.2, 0.25) is 5.91 Å². The standard InChI is InChI=1S/C19H20Cl2N2O2/c20-16-9-8-14(17(21)13-16)10-12-22-18(24)7-4-11-23-19(25)15-5-2-1-3-6-15/h1-3,5-6,8-9,13H,4,7,10-12H2,(H,22,24)(H,23,25). The second kappa shape index (κ2) is 10.1. The summed E-state index contributed by atoms with van der Waals surface area (Å²) >= 11 is 11.9. The summed E-state index contributed by atoms with van der Waals surface area (Å²) in [5.74, 6) is -0.169. The highest BCUT2D eigenvalue weighted by Gasteiger charge is 2.06. The molecule has 2 aromatic carbocycles. The number of hydrogen-bond acceptors (Lipinski definition) is 2. The van der Waals surface area contributed by atoms with E-state index in [2.05, 4.69) is 10.6 Å². The van der Waals surface area contributed by atoms with Gasteiger partial charge in [-0.1, -0.05) is 47.5 Å². The molecule has 0 atom stereocenters.